The van der Waals surface area contributed by atoms with Crippen LogP contribution in [0.3, 0.4) is 0 Å². The monoisotopic (exact) mass is 806 g/mol. The molecule has 13 rings (SSSR count). The van der Waals surface area contributed by atoms with Crippen molar-refractivity contribution in [3.63, 3.8) is 0 Å². The highest BCUT2D eigenvalue weighted by molar-refractivity contribution is 6.13. The third-order valence-corrected chi connectivity index (χ3v) is 12.3. The molecule has 63 heavy (non-hydrogen) atoms. The quantitative estimate of drug-likeness (QED) is 0.167. The molecular formula is C57H34N4O2. The molecule has 0 saturated heterocycles. The van der Waals surface area contributed by atoms with E-state index < -0.39 is 0 Å². The first kappa shape index (κ1) is 35.2. The fourth-order valence-corrected chi connectivity index (χ4v) is 9.26. The van der Waals surface area contributed by atoms with Crippen molar-refractivity contribution in [1.29, 1.82) is 0 Å². The van der Waals surface area contributed by atoms with Crippen LogP contribution in [0.2, 0.25) is 0 Å². The van der Waals surface area contributed by atoms with E-state index in [9.17, 15) is 0 Å². The van der Waals surface area contributed by atoms with Crippen molar-refractivity contribution in [2.45, 2.75) is 0 Å². The van der Waals surface area contributed by atoms with Gasteiger partial charge in [-0.2, -0.15) is 0 Å². The zero-order valence-electron chi connectivity index (χ0n) is 33.7. The van der Waals surface area contributed by atoms with E-state index in [4.69, 9.17) is 23.8 Å². The standard InChI is InChI=1S/C57H34N4O2/c1-3-13-35(14-4-1)36-15-11-16-38(31-36)55-58-56(39-26-29-52-47(32-39)45-20-8-10-24-51(45)62-52)60-57(59-55)40-27-30-53-48(33-40)46-22-12-21-42(54(46)63-53)37-25-28-44-43-19-7-9-23-49(43)61(50(44)34-37)41-17-5-2-6-18-41/h1-34H. The molecule has 294 valence electrons. The Kier molecular flexibility index (Phi) is 7.80. The second-order valence-electron chi connectivity index (χ2n) is 16.0. The lowest BCUT2D eigenvalue weighted by molar-refractivity contribution is 0.669. The summed E-state index contributed by atoms with van der Waals surface area (Å²) in [6.45, 7) is 0. The van der Waals surface area contributed by atoms with Gasteiger partial charge in [-0.3, -0.25) is 0 Å². The second kappa shape index (κ2) is 14.0. The number of hydrogen-bond donors (Lipinski definition) is 0. The van der Waals surface area contributed by atoms with Crippen LogP contribution >= 0.6 is 0 Å². The zero-order valence-corrected chi connectivity index (χ0v) is 33.7. The number of nitrogens with zero attached hydrogens (tertiary/aromatic N) is 4. The van der Waals surface area contributed by atoms with Gasteiger partial charge in [-0.25, -0.2) is 15.0 Å². The van der Waals surface area contributed by atoms with Gasteiger partial charge in [0.1, 0.15) is 22.3 Å². The Bertz CT molecular complexity index is 3920. The summed E-state index contributed by atoms with van der Waals surface area (Å²) in [5.41, 5.74) is 13.7. The third-order valence-electron chi connectivity index (χ3n) is 12.3. The molecule has 0 spiro atoms. The van der Waals surface area contributed by atoms with Crippen molar-refractivity contribution in [2.75, 3.05) is 0 Å². The van der Waals surface area contributed by atoms with Crippen LogP contribution in [0.25, 0.3) is 128 Å². The molecular weight excluding hydrogens is 773 g/mol. The number of rotatable bonds is 6. The first-order valence-electron chi connectivity index (χ1n) is 21.1. The van der Waals surface area contributed by atoms with Crippen molar-refractivity contribution >= 4 is 65.7 Å². The molecule has 0 aliphatic heterocycles. The molecule has 13 aromatic rings. The number of hydrogen-bond acceptors (Lipinski definition) is 5. The van der Waals surface area contributed by atoms with Gasteiger partial charge in [0.25, 0.3) is 0 Å². The van der Waals surface area contributed by atoms with Gasteiger partial charge in [-0.1, -0.05) is 133 Å². The minimum Gasteiger partial charge on any atom is -0.456 e. The highest BCUT2D eigenvalue weighted by atomic mass is 16.3. The summed E-state index contributed by atoms with van der Waals surface area (Å²) < 4.78 is 15.3. The number of aromatic nitrogens is 4. The Labute approximate surface area is 361 Å². The average molecular weight is 807 g/mol. The lowest BCUT2D eigenvalue weighted by Crippen LogP contribution is -2.00. The predicted octanol–water partition coefficient (Wildman–Crippen LogP) is 15.1. The first-order valence-corrected chi connectivity index (χ1v) is 21.1. The minimum atomic E-state index is 0.573. The predicted molar refractivity (Wildman–Crippen MR) is 256 cm³/mol. The molecule has 0 unspecified atom stereocenters. The Hall–Kier alpha value is -8.61. The average Bonchev–Trinajstić information content (AvgIpc) is 4.03. The van der Waals surface area contributed by atoms with Crippen LogP contribution in [-0.2, 0) is 0 Å². The molecule has 6 heteroatoms. The van der Waals surface area contributed by atoms with E-state index in [1.54, 1.807) is 0 Å². The highest BCUT2D eigenvalue weighted by Gasteiger charge is 2.19. The molecule has 0 bridgehead atoms. The van der Waals surface area contributed by atoms with Crippen molar-refractivity contribution in [3.05, 3.63) is 206 Å². The van der Waals surface area contributed by atoms with Crippen LogP contribution in [0.4, 0.5) is 0 Å². The van der Waals surface area contributed by atoms with Crippen LogP contribution in [0.1, 0.15) is 0 Å². The highest BCUT2D eigenvalue weighted by Crippen LogP contribution is 2.41. The molecule has 9 aromatic carbocycles. The number of benzene rings is 9. The maximum absolute atomic E-state index is 6.76. The Morgan fingerprint density at radius 3 is 1.62 bits per heavy atom. The van der Waals surface area contributed by atoms with Crippen LogP contribution in [0.5, 0.6) is 0 Å². The lowest BCUT2D eigenvalue weighted by atomic mass is 10.0. The molecule has 0 radical (unpaired) electrons. The summed E-state index contributed by atoms with van der Waals surface area (Å²) in [5.74, 6) is 1.74. The second-order valence-corrected chi connectivity index (χ2v) is 16.0. The van der Waals surface area contributed by atoms with Gasteiger partial charge in [0.15, 0.2) is 17.5 Å². The van der Waals surface area contributed by atoms with E-state index in [2.05, 4.69) is 162 Å². The number of fused-ring (bicyclic) bond motifs is 9. The van der Waals surface area contributed by atoms with Crippen molar-refractivity contribution in [3.8, 4) is 62.1 Å². The summed E-state index contributed by atoms with van der Waals surface area (Å²) in [5, 5.41) is 6.51. The SMILES string of the molecule is c1ccc(-c2cccc(-c3nc(-c4ccc5oc6ccccc6c5c4)nc(-c4ccc5oc6c(-c7ccc8c9ccccc9n(-c9ccccc9)c8c7)cccc6c5c4)n3)c2)cc1. The van der Waals surface area contributed by atoms with Gasteiger partial charge in [-0.15, -0.1) is 0 Å². The van der Waals surface area contributed by atoms with Crippen LogP contribution < -0.4 is 0 Å². The zero-order chi connectivity index (χ0) is 41.4. The smallest absolute Gasteiger partial charge is 0.164 e. The minimum absolute atomic E-state index is 0.573. The molecule has 0 saturated carbocycles. The number of furan rings is 2. The van der Waals surface area contributed by atoms with Crippen molar-refractivity contribution in [1.82, 2.24) is 19.5 Å². The van der Waals surface area contributed by atoms with Crippen LogP contribution in [0, 0.1) is 0 Å². The Morgan fingerprint density at radius 2 is 0.841 bits per heavy atom. The topological polar surface area (TPSA) is 69.9 Å². The van der Waals surface area contributed by atoms with E-state index in [1.165, 1.54) is 16.3 Å². The normalized spacial score (nSPS) is 11.8. The fraction of sp³-hybridized carbons (Fsp3) is 0. The van der Waals surface area contributed by atoms with E-state index in [-0.39, 0.29) is 0 Å². The van der Waals surface area contributed by atoms with Crippen molar-refractivity contribution < 1.29 is 8.83 Å². The molecule has 4 aromatic heterocycles. The molecule has 0 aliphatic rings. The molecule has 6 nitrogen and oxygen atoms in total. The Balaban J connectivity index is 0.967. The number of para-hydroxylation sites is 4. The molecule has 0 N–H and O–H groups in total. The van der Waals surface area contributed by atoms with Crippen LogP contribution in [0.15, 0.2) is 215 Å². The van der Waals surface area contributed by atoms with E-state index >= 15 is 0 Å². The molecule has 0 aliphatic carbocycles. The Morgan fingerprint density at radius 1 is 0.302 bits per heavy atom. The van der Waals surface area contributed by atoms with Gasteiger partial charge in [0, 0.05) is 60.3 Å². The first-order chi connectivity index (χ1) is 31.2. The van der Waals surface area contributed by atoms with Gasteiger partial charge >= 0.3 is 0 Å². The van der Waals surface area contributed by atoms with E-state index in [0.717, 1.165) is 94.0 Å². The van der Waals surface area contributed by atoms with Gasteiger partial charge in [0.05, 0.1) is 11.0 Å². The van der Waals surface area contributed by atoms with Gasteiger partial charge in [0.2, 0.25) is 0 Å². The fourth-order valence-electron chi connectivity index (χ4n) is 9.26. The summed E-state index contributed by atoms with van der Waals surface area (Å²) in [6, 6.07) is 71.6. The summed E-state index contributed by atoms with van der Waals surface area (Å²) in [7, 11) is 0. The summed E-state index contributed by atoms with van der Waals surface area (Å²) in [6.07, 6.45) is 0. The maximum atomic E-state index is 6.76. The summed E-state index contributed by atoms with van der Waals surface area (Å²) in [4.78, 5) is 15.5. The van der Waals surface area contributed by atoms with Crippen molar-refractivity contribution in [2.24, 2.45) is 0 Å². The van der Waals surface area contributed by atoms with Gasteiger partial charge in [-0.05, 0) is 89.5 Å². The lowest BCUT2D eigenvalue weighted by Gasteiger charge is -2.10. The molecule has 0 amide bonds. The van der Waals surface area contributed by atoms with Gasteiger partial charge < -0.3 is 13.4 Å². The maximum Gasteiger partial charge on any atom is 0.164 e. The largest absolute Gasteiger partial charge is 0.456 e. The van der Waals surface area contributed by atoms with Crippen LogP contribution in [-0.4, -0.2) is 19.5 Å². The molecule has 0 fully saturated rings. The third kappa shape index (κ3) is 5.76. The van der Waals surface area contributed by atoms with E-state index in [0.29, 0.717) is 17.5 Å². The molecule has 4 heterocycles. The van der Waals surface area contributed by atoms with E-state index in [1.807, 2.05) is 48.5 Å². The summed E-state index contributed by atoms with van der Waals surface area (Å²) >= 11 is 0. The molecule has 0 atom stereocenters.